The fourth-order valence-electron chi connectivity index (χ4n) is 2.51. The normalized spacial score (nSPS) is 23.7. The van der Waals surface area contributed by atoms with Crippen molar-refractivity contribution in [2.45, 2.75) is 45.1 Å². The highest BCUT2D eigenvalue weighted by Crippen LogP contribution is 2.29. The Kier molecular flexibility index (Phi) is 5.64. The van der Waals surface area contributed by atoms with E-state index in [0.717, 1.165) is 30.8 Å². The van der Waals surface area contributed by atoms with Crippen molar-refractivity contribution in [3.63, 3.8) is 0 Å². The van der Waals surface area contributed by atoms with E-state index in [0.29, 0.717) is 17.0 Å². The number of aryl methyl sites for hydroxylation is 1. The van der Waals surface area contributed by atoms with Gasteiger partial charge in [0.15, 0.2) is 0 Å². The zero-order valence-electron chi connectivity index (χ0n) is 11.1. The van der Waals surface area contributed by atoms with Gasteiger partial charge in [-0.1, -0.05) is 40.5 Å². The van der Waals surface area contributed by atoms with Gasteiger partial charge < -0.3 is 5.32 Å². The van der Waals surface area contributed by atoms with E-state index in [4.69, 9.17) is 11.6 Å². The molecule has 1 fully saturated rings. The zero-order chi connectivity index (χ0) is 13.7. The van der Waals surface area contributed by atoms with Crippen LogP contribution in [0.5, 0.6) is 0 Å². The van der Waals surface area contributed by atoms with Gasteiger partial charge in [-0.05, 0) is 43.0 Å². The third kappa shape index (κ3) is 3.93. The number of hydrogen-bond acceptors (Lipinski definition) is 3. The molecule has 0 unspecified atom stereocenters. The minimum atomic E-state index is 0.470. The molecule has 1 aliphatic rings. The molecule has 0 bridgehead atoms. The van der Waals surface area contributed by atoms with Crippen LogP contribution in [0.4, 0.5) is 5.82 Å². The van der Waals surface area contributed by atoms with Gasteiger partial charge in [-0.2, -0.15) is 0 Å². The predicted octanol–water partition coefficient (Wildman–Crippen LogP) is 4.57. The van der Waals surface area contributed by atoms with E-state index in [1.54, 1.807) is 6.33 Å². The number of nitrogens with one attached hydrogen (secondary N) is 1. The van der Waals surface area contributed by atoms with E-state index in [9.17, 15) is 0 Å². The lowest BCUT2D eigenvalue weighted by atomic mass is 9.86. The molecule has 0 radical (unpaired) electrons. The molecule has 1 N–H and O–H groups in total. The van der Waals surface area contributed by atoms with Crippen LogP contribution in [0.1, 0.15) is 38.3 Å². The van der Waals surface area contributed by atoms with Crippen LogP contribution >= 0.6 is 27.5 Å². The van der Waals surface area contributed by atoms with E-state index in [-0.39, 0.29) is 0 Å². The molecular weight excluding hydrogens is 326 g/mol. The molecule has 5 heteroatoms. The van der Waals surface area contributed by atoms with Crippen LogP contribution in [-0.2, 0) is 6.42 Å². The van der Waals surface area contributed by atoms with Crippen LogP contribution in [0.25, 0.3) is 0 Å². The average molecular weight is 345 g/mol. The summed E-state index contributed by atoms with van der Waals surface area (Å²) in [7, 11) is 0. The maximum atomic E-state index is 6.30. The summed E-state index contributed by atoms with van der Waals surface area (Å²) in [5.41, 5.74) is 0.912. The first-order chi connectivity index (χ1) is 9.24. The number of halogens is 2. The Morgan fingerprint density at radius 2 is 2.11 bits per heavy atom. The summed E-state index contributed by atoms with van der Waals surface area (Å²) < 4.78 is 0. The van der Waals surface area contributed by atoms with Gasteiger partial charge in [-0.25, -0.2) is 9.97 Å². The number of hydrogen-bond donors (Lipinski definition) is 1. The van der Waals surface area contributed by atoms with Gasteiger partial charge >= 0.3 is 0 Å². The quantitative estimate of drug-likeness (QED) is 0.869. The topological polar surface area (TPSA) is 37.8 Å². The largest absolute Gasteiger partial charge is 0.366 e. The molecular formula is C14H19BrClN3. The minimum Gasteiger partial charge on any atom is -0.366 e. The van der Waals surface area contributed by atoms with Crippen molar-refractivity contribution >= 4 is 33.3 Å². The molecule has 0 aromatic carbocycles. The maximum absolute atomic E-state index is 6.30. The molecule has 1 aliphatic carbocycles. The zero-order valence-corrected chi connectivity index (χ0v) is 13.4. The van der Waals surface area contributed by atoms with Gasteiger partial charge in [0, 0.05) is 6.04 Å². The van der Waals surface area contributed by atoms with E-state index >= 15 is 0 Å². The van der Waals surface area contributed by atoms with Crippen molar-refractivity contribution in [3.05, 3.63) is 28.1 Å². The third-order valence-electron chi connectivity index (χ3n) is 3.65. The summed E-state index contributed by atoms with van der Waals surface area (Å²) in [6, 6.07) is 0.470. The fraction of sp³-hybridized carbons (Fsp3) is 0.571. The van der Waals surface area contributed by atoms with Crippen molar-refractivity contribution in [2.75, 3.05) is 5.32 Å². The van der Waals surface area contributed by atoms with Gasteiger partial charge in [0.1, 0.15) is 17.2 Å². The third-order valence-corrected chi connectivity index (χ3v) is 4.36. The van der Waals surface area contributed by atoms with Crippen LogP contribution in [0.2, 0.25) is 5.02 Å². The second-order valence-corrected chi connectivity index (χ2v) is 5.82. The standard InChI is InChI=1S/C14H19BrClN3/c1-2-12-13(16)14(18-9-17-12)19-11-5-3-10(4-6-11)7-8-15/h7-11H,2-6H2,1H3,(H,17,18,19)/b8-7-. The molecule has 1 aromatic rings. The first kappa shape index (κ1) is 14.8. The molecule has 1 aromatic heterocycles. The van der Waals surface area contributed by atoms with Crippen molar-refractivity contribution in [1.82, 2.24) is 9.97 Å². The monoisotopic (exact) mass is 343 g/mol. The minimum absolute atomic E-state index is 0.470. The van der Waals surface area contributed by atoms with Gasteiger partial charge in [-0.3, -0.25) is 0 Å². The second-order valence-electron chi connectivity index (χ2n) is 4.91. The summed E-state index contributed by atoms with van der Waals surface area (Å²) in [6.45, 7) is 2.05. The molecule has 1 heterocycles. The summed E-state index contributed by atoms with van der Waals surface area (Å²) in [5, 5.41) is 4.14. The van der Waals surface area contributed by atoms with E-state index in [2.05, 4.69) is 44.2 Å². The molecule has 0 aliphatic heterocycles. The number of rotatable bonds is 4. The molecule has 19 heavy (non-hydrogen) atoms. The number of nitrogens with zero attached hydrogens (tertiary/aromatic N) is 2. The van der Waals surface area contributed by atoms with Gasteiger partial charge in [0.05, 0.1) is 5.69 Å². The Hall–Kier alpha value is -0.610. The van der Waals surface area contributed by atoms with Crippen molar-refractivity contribution < 1.29 is 0 Å². The molecule has 2 rings (SSSR count). The van der Waals surface area contributed by atoms with Gasteiger partial charge in [-0.15, -0.1) is 0 Å². The molecule has 0 amide bonds. The molecule has 0 saturated heterocycles. The second kappa shape index (κ2) is 7.25. The lowest BCUT2D eigenvalue weighted by molar-refractivity contribution is 0.390. The van der Waals surface area contributed by atoms with Crippen LogP contribution in [0.15, 0.2) is 17.4 Å². The van der Waals surface area contributed by atoms with E-state index < -0.39 is 0 Å². The van der Waals surface area contributed by atoms with E-state index in [1.165, 1.54) is 12.8 Å². The molecule has 0 spiro atoms. The smallest absolute Gasteiger partial charge is 0.148 e. The van der Waals surface area contributed by atoms with Crippen LogP contribution in [0.3, 0.4) is 0 Å². The van der Waals surface area contributed by atoms with Crippen LogP contribution < -0.4 is 5.32 Å². The molecule has 1 saturated carbocycles. The Balaban J connectivity index is 1.96. The van der Waals surface area contributed by atoms with E-state index in [1.807, 2.05) is 4.99 Å². The highest BCUT2D eigenvalue weighted by molar-refractivity contribution is 9.11. The lowest BCUT2D eigenvalue weighted by Gasteiger charge is -2.28. The van der Waals surface area contributed by atoms with Crippen molar-refractivity contribution in [2.24, 2.45) is 5.92 Å². The summed E-state index contributed by atoms with van der Waals surface area (Å²) in [5.74, 6) is 1.48. The summed E-state index contributed by atoms with van der Waals surface area (Å²) in [6.07, 6.45) is 9.40. The first-order valence-electron chi connectivity index (χ1n) is 6.77. The molecule has 0 atom stereocenters. The first-order valence-corrected chi connectivity index (χ1v) is 8.06. The van der Waals surface area contributed by atoms with Crippen LogP contribution in [-0.4, -0.2) is 16.0 Å². The highest BCUT2D eigenvalue weighted by atomic mass is 79.9. The maximum Gasteiger partial charge on any atom is 0.148 e. The van der Waals surface area contributed by atoms with Crippen LogP contribution in [0, 0.1) is 5.92 Å². The lowest BCUT2D eigenvalue weighted by Crippen LogP contribution is -2.26. The average Bonchev–Trinajstić information content (AvgIpc) is 2.43. The number of allylic oxidation sites excluding steroid dienone is 1. The summed E-state index contributed by atoms with van der Waals surface area (Å²) >= 11 is 9.65. The van der Waals surface area contributed by atoms with Crippen molar-refractivity contribution in [1.29, 1.82) is 0 Å². The predicted molar refractivity (Wildman–Crippen MR) is 83.9 cm³/mol. The van der Waals surface area contributed by atoms with Crippen molar-refractivity contribution in [3.8, 4) is 0 Å². The Bertz CT molecular complexity index is 442. The number of aromatic nitrogens is 2. The van der Waals surface area contributed by atoms with Gasteiger partial charge in [0.25, 0.3) is 0 Å². The number of anilines is 1. The molecule has 3 nitrogen and oxygen atoms in total. The Morgan fingerprint density at radius 1 is 1.37 bits per heavy atom. The Labute approximate surface area is 128 Å². The highest BCUT2D eigenvalue weighted by Gasteiger charge is 2.20. The fourth-order valence-corrected chi connectivity index (χ4v) is 3.22. The molecule has 104 valence electrons. The SMILES string of the molecule is CCc1ncnc(NC2CCC(/C=C\Br)CC2)c1Cl. The Morgan fingerprint density at radius 3 is 2.74 bits per heavy atom. The summed E-state index contributed by atoms with van der Waals surface area (Å²) in [4.78, 5) is 10.4. The van der Waals surface area contributed by atoms with Gasteiger partial charge in [0.2, 0.25) is 0 Å².